The van der Waals surface area contributed by atoms with Crippen LogP contribution in [0.5, 0.6) is 0 Å². The van der Waals surface area contributed by atoms with Crippen LogP contribution in [-0.2, 0) is 16.0 Å². The molecule has 3 rings (SSSR count). The van der Waals surface area contributed by atoms with Crippen molar-refractivity contribution in [1.29, 1.82) is 0 Å². The molecule has 3 aromatic rings. The monoisotopic (exact) mass is 406 g/mol. The average molecular weight is 406 g/mol. The van der Waals surface area contributed by atoms with E-state index in [9.17, 15) is 14.4 Å². The normalized spacial score (nSPS) is 10.3. The fraction of sp³-hybridized carbons (Fsp3) is 0.174. The summed E-state index contributed by atoms with van der Waals surface area (Å²) in [6.07, 6.45) is 3.08. The summed E-state index contributed by atoms with van der Waals surface area (Å²) in [7, 11) is 0. The van der Waals surface area contributed by atoms with Gasteiger partial charge in [0.25, 0.3) is 11.8 Å². The van der Waals surface area contributed by atoms with Crippen LogP contribution in [-0.4, -0.2) is 30.9 Å². The van der Waals surface area contributed by atoms with E-state index in [0.717, 1.165) is 12.8 Å². The van der Waals surface area contributed by atoms with Crippen molar-refractivity contribution < 1.29 is 23.5 Å². The van der Waals surface area contributed by atoms with Crippen LogP contribution in [0.1, 0.15) is 32.9 Å². The van der Waals surface area contributed by atoms with Crippen molar-refractivity contribution in [3.8, 4) is 0 Å². The first-order chi connectivity index (χ1) is 14.6. The summed E-state index contributed by atoms with van der Waals surface area (Å²) in [4.78, 5) is 35.8. The standard InChI is InChI=1S/C23H22N2O5/c26-21(24-14-4-8-17-6-2-1-3-7-17)16-30-23(28)18-10-12-19(13-11-18)25-22(27)20-9-5-15-29-20/h1-3,5-7,9-13,15H,4,8,14,16H2,(H,24,26)(H,25,27). The first kappa shape index (κ1) is 20.9. The Kier molecular flexibility index (Phi) is 7.38. The zero-order valence-electron chi connectivity index (χ0n) is 16.3. The number of aryl methyl sites for hydroxylation is 1. The second-order valence-electron chi connectivity index (χ2n) is 6.52. The number of hydrogen-bond donors (Lipinski definition) is 2. The molecule has 0 aliphatic heterocycles. The topological polar surface area (TPSA) is 97.6 Å². The number of furan rings is 1. The minimum absolute atomic E-state index is 0.188. The lowest BCUT2D eigenvalue weighted by Crippen LogP contribution is -2.29. The molecule has 2 N–H and O–H groups in total. The van der Waals surface area contributed by atoms with Gasteiger partial charge in [0.1, 0.15) is 0 Å². The number of amides is 2. The molecule has 0 bridgehead atoms. The number of benzene rings is 2. The fourth-order valence-electron chi connectivity index (χ4n) is 2.72. The number of ether oxygens (including phenoxy) is 1. The second-order valence-corrected chi connectivity index (χ2v) is 6.52. The van der Waals surface area contributed by atoms with Crippen LogP contribution in [0.3, 0.4) is 0 Å². The fourth-order valence-corrected chi connectivity index (χ4v) is 2.72. The van der Waals surface area contributed by atoms with Crippen LogP contribution in [0.25, 0.3) is 0 Å². The molecule has 0 atom stereocenters. The van der Waals surface area contributed by atoms with Gasteiger partial charge in [0.2, 0.25) is 0 Å². The highest BCUT2D eigenvalue weighted by molar-refractivity contribution is 6.02. The second kappa shape index (κ2) is 10.6. The van der Waals surface area contributed by atoms with E-state index < -0.39 is 5.97 Å². The van der Waals surface area contributed by atoms with Gasteiger partial charge in [0.15, 0.2) is 12.4 Å². The van der Waals surface area contributed by atoms with Gasteiger partial charge in [-0.2, -0.15) is 0 Å². The number of carbonyl (C=O) groups is 3. The first-order valence-corrected chi connectivity index (χ1v) is 9.54. The minimum Gasteiger partial charge on any atom is -0.459 e. The van der Waals surface area contributed by atoms with Gasteiger partial charge in [-0.1, -0.05) is 30.3 Å². The number of rotatable bonds is 9. The van der Waals surface area contributed by atoms with Gasteiger partial charge in [-0.3, -0.25) is 9.59 Å². The highest BCUT2D eigenvalue weighted by Gasteiger charge is 2.12. The first-order valence-electron chi connectivity index (χ1n) is 9.54. The summed E-state index contributed by atoms with van der Waals surface area (Å²) >= 11 is 0. The largest absolute Gasteiger partial charge is 0.459 e. The lowest BCUT2D eigenvalue weighted by molar-refractivity contribution is -0.124. The van der Waals surface area contributed by atoms with Crippen LogP contribution in [0.15, 0.2) is 77.4 Å². The Morgan fingerprint density at radius 2 is 1.67 bits per heavy atom. The van der Waals surface area contributed by atoms with Crippen molar-refractivity contribution >= 4 is 23.5 Å². The number of esters is 1. The van der Waals surface area contributed by atoms with Gasteiger partial charge < -0.3 is 19.8 Å². The van der Waals surface area contributed by atoms with Crippen molar-refractivity contribution in [2.75, 3.05) is 18.5 Å². The van der Waals surface area contributed by atoms with E-state index >= 15 is 0 Å². The Morgan fingerprint density at radius 3 is 2.37 bits per heavy atom. The minimum atomic E-state index is -0.613. The van der Waals surface area contributed by atoms with Crippen LogP contribution >= 0.6 is 0 Å². The molecule has 0 fully saturated rings. The van der Waals surface area contributed by atoms with Gasteiger partial charge in [-0.15, -0.1) is 0 Å². The highest BCUT2D eigenvalue weighted by Crippen LogP contribution is 2.12. The molecular formula is C23H22N2O5. The number of anilines is 1. The number of hydrogen-bond acceptors (Lipinski definition) is 5. The van der Waals surface area contributed by atoms with Crippen molar-refractivity contribution in [3.05, 3.63) is 89.9 Å². The predicted molar refractivity (Wildman–Crippen MR) is 111 cm³/mol. The maximum atomic E-state index is 12.1. The van der Waals surface area contributed by atoms with Crippen LogP contribution < -0.4 is 10.6 Å². The summed E-state index contributed by atoms with van der Waals surface area (Å²) in [5, 5.41) is 5.38. The molecule has 7 nitrogen and oxygen atoms in total. The lowest BCUT2D eigenvalue weighted by atomic mass is 10.1. The van der Waals surface area contributed by atoms with E-state index in [4.69, 9.17) is 9.15 Å². The van der Waals surface area contributed by atoms with Crippen LogP contribution in [0.2, 0.25) is 0 Å². The Labute approximate surface area is 174 Å². The zero-order chi connectivity index (χ0) is 21.2. The van der Waals surface area contributed by atoms with Crippen LogP contribution in [0.4, 0.5) is 5.69 Å². The molecule has 2 aromatic carbocycles. The Hall–Kier alpha value is -3.87. The Bertz CT molecular complexity index is 967. The van der Waals surface area contributed by atoms with E-state index in [1.165, 1.54) is 24.0 Å². The molecule has 0 unspecified atom stereocenters. The summed E-state index contributed by atoms with van der Waals surface area (Å²) in [6, 6.07) is 19.3. The highest BCUT2D eigenvalue weighted by atomic mass is 16.5. The summed E-state index contributed by atoms with van der Waals surface area (Å²) in [5.41, 5.74) is 1.99. The van der Waals surface area contributed by atoms with Gasteiger partial charge >= 0.3 is 5.97 Å². The molecule has 0 aliphatic carbocycles. The van der Waals surface area contributed by atoms with E-state index in [1.807, 2.05) is 30.3 Å². The zero-order valence-corrected chi connectivity index (χ0v) is 16.3. The Balaban J connectivity index is 1.36. The molecule has 154 valence electrons. The molecule has 0 aliphatic rings. The van der Waals surface area contributed by atoms with Crippen molar-refractivity contribution in [3.63, 3.8) is 0 Å². The van der Waals surface area contributed by atoms with Gasteiger partial charge in [0, 0.05) is 12.2 Å². The smallest absolute Gasteiger partial charge is 0.338 e. The molecule has 0 saturated heterocycles. The van der Waals surface area contributed by atoms with Gasteiger partial charge in [-0.25, -0.2) is 4.79 Å². The summed E-state index contributed by atoms with van der Waals surface area (Å²) in [6.45, 7) is 0.163. The molecule has 1 heterocycles. The molecule has 0 spiro atoms. The predicted octanol–water partition coefficient (Wildman–Crippen LogP) is 3.44. The Morgan fingerprint density at radius 1 is 0.900 bits per heavy atom. The molecule has 1 aromatic heterocycles. The molecule has 2 amide bonds. The van der Waals surface area contributed by atoms with E-state index in [2.05, 4.69) is 10.6 Å². The van der Waals surface area contributed by atoms with Crippen molar-refractivity contribution in [1.82, 2.24) is 5.32 Å². The average Bonchev–Trinajstić information content (AvgIpc) is 3.31. The van der Waals surface area contributed by atoms with Crippen molar-refractivity contribution in [2.45, 2.75) is 12.8 Å². The molecular weight excluding hydrogens is 384 g/mol. The molecule has 0 radical (unpaired) electrons. The lowest BCUT2D eigenvalue weighted by Gasteiger charge is -2.08. The molecule has 30 heavy (non-hydrogen) atoms. The third-order valence-corrected chi connectivity index (χ3v) is 4.27. The summed E-state index contributed by atoms with van der Waals surface area (Å²) < 4.78 is 10.0. The SMILES string of the molecule is O=C(COC(=O)c1ccc(NC(=O)c2ccco2)cc1)NCCCc1ccccc1. The quantitative estimate of drug-likeness (QED) is 0.419. The maximum Gasteiger partial charge on any atom is 0.338 e. The van der Waals surface area contributed by atoms with Gasteiger partial charge in [-0.05, 0) is 54.8 Å². The van der Waals surface area contributed by atoms with E-state index in [-0.39, 0.29) is 29.7 Å². The molecule has 0 saturated carbocycles. The molecule has 7 heteroatoms. The third kappa shape index (κ3) is 6.34. The third-order valence-electron chi connectivity index (χ3n) is 4.27. The number of nitrogens with one attached hydrogen (secondary N) is 2. The van der Waals surface area contributed by atoms with Crippen LogP contribution in [0, 0.1) is 0 Å². The summed E-state index contributed by atoms with van der Waals surface area (Å²) in [5.74, 6) is -1.16. The van der Waals surface area contributed by atoms with Crippen molar-refractivity contribution in [2.24, 2.45) is 0 Å². The van der Waals surface area contributed by atoms with E-state index in [0.29, 0.717) is 12.2 Å². The number of carbonyl (C=O) groups excluding carboxylic acids is 3. The van der Waals surface area contributed by atoms with Gasteiger partial charge in [0.05, 0.1) is 11.8 Å². The van der Waals surface area contributed by atoms with E-state index in [1.54, 1.807) is 24.3 Å². The maximum absolute atomic E-state index is 12.1.